The highest BCUT2D eigenvalue weighted by Crippen LogP contribution is 2.24. The Morgan fingerprint density at radius 2 is 2.28 bits per heavy atom. The summed E-state index contributed by atoms with van der Waals surface area (Å²) in [6.07, 6.45) is 0.883. The van der Waals surface area contributed by atoms with Gasteiger partial charge in [-0.25, -0.2) is 0 Å². The fourth-order valence-corrected chi connectivity index (χ4v) is 1.83. The van der Waals surface area contributed by atoms with E-state index in [2.05, 4.69) is 11.4 Å². The Balaban J connectivity index is 3.08. The summed E-state index contributed by atoms with van der Waals surface area (Å²) < 4.78 is 0. The largest absolute Gasteiger partial charge is 0.361 e. The Labute approximate surface area is 112 Å². The van der Waals surface area contributed by atoms with E-state index in [-0.39, 0.29) is 12.5 Å². The Morgan fingerprint density at radius 3 is 2.83 bits per heavy atom. The zero-order chi connectivity index (χ0) is 13.5. The highest BCUT2D eigenvalue weighted by Gasteiger charge is 2.14. The van der Waals surface area contributed by atoms with Gasteiger partial charge in [0.05, 0.1) is 17.8 Å². The van der Waals surface area contributed by atoms with Gasteiger partial charge in [0.1, 0.15) is 6.07 Å². The van der Waals surface area contributed by atoms with Gasteiger partial charge in [-0.3, -0.25) is 4.79 Å². The first-order valence-electron chi connectivity index (χ1n) is 5.77. The number of rotatable bonds is 5. The van der Waals surface area contributed by atoms with Gasteiger partial charge in [0.15, 0.2) is 0 Å². The predicted octanol–water partition coefficient (Wildman–Crippen LogP) is 2.17. The number of nitrogens with one attached hydrogen (secondary N) is 1. The van der Waals surface area contributed by atoms with E-state index in [0.717, 1.165) is 6.42 Å². The third-order valence-corrected chi connectivity index (χ3v) is 2.76. The van der Waals surface area contributed by atoms with E-state index in [4.69, 9.17) is 16.9 Å². The smallest absolute Gasteiger partial charge is 0.239 e. The summed E-state index contributed by atoms with van der Waals surface area (Å²) in [6, 6.07) is 7.19. The zero-order valence-corrected chi connectivity index (χ0v) is 11.3. The Hall–Kier alpha value is -1.73. The number of likely N-dealkylation sites (N-methyl/N-ethyl adjacent to an activating group) is 1. The molecule has 0 aliphatic carbocycles. The Morgan fingerprint density at radius 1 is 1.56 bits per heavy atom. The van der Waals surface area contributed by atoms with E-state index in [1.165, 1.54) is 0 Å². The summed E-state index contributed by atoms with van der Waals surface area (Å²) in [5, 5.41) is 12.2. The van der Waals surface area contributed by atoms with Gasteiger partial charge >= 0.3 is 0 Å². The van der Waals surface area contributed by atoms with Crippen molar-refractivity contribution in [1.29, 1.82) is 5.26 Å². The van der Waals surface area contributed by atoms with E-state index in [9.17, 15) is 4.79 Å². The van der Waals surface area contributed by atoms with Crippen molar-refractivity contribution in [2.24, 2.45) is 0 Å². The van der Waals surface area contributed by atoms with Crippen LogP contribution in [-0.4, -0.2) is 26.0 Å². The molecule has 1 N–H and O–H groups in total. The summed E-state index contributed by atoms with van der Waals surface area (Å²) in [5.74, 6) is -0.0904. The van der Waals surface area contributed by atoms with Crippen molar-refractivity contribution in [3.8, 4) is 6.07 Å². The van der Waals surface area contributed by atoms with E-state index in [1.54, 1.807) is 25.2 Å². The van der Waals surface area contributed by atoms with Gasteiger partial charge in [-0.05, 0) is 24.6 Å². The predicted molar refractivity (Wildman–Crippen MR) is 72.7 cm³/mol. The van der Waals surface area contributed by atoms with Crippen LogP contribution in [0.4, 0.5) is 5.69 Å². The van der Waals surface area contributed by atoms with E-state index < -0.39 is 0 Å². The Kier molecular flexibility index (Phi) is 5.47. The second-order valence-electron chi connectivity index (χ2n) is 3.87. The number of amides is 1. The monoisotopic (exact) mass is 265 g/mol. The summed E-state index contributed by atoms with van der Waals surface area (Å²) in [6.45, 7) is 2.94. The van der Waals surface area contributed by atoms with E-state index in [1.807, 2.05) is 11.8 Å². The lowest BCUT2D eigenvalue weighted by Crippen LogP contribution is -2.36. The molecule has 0 saturated carbocycles. The van der Waals surface area contributed by atoms with Crippen molar-refractivity contribution in [2.75, 3.05) is 25.0 Å². The Bertz CT molecular complexity index is 468. The minimum atomic E-state index is -0.0904. The first kappa shape index (κ1) is 14.3. The molecule has 0 aliphatic heterocycles. The highest BCUT2D eigenvalue weighted by molar-refractivity contribution is 6.30. The highest BCUT2D eigenvalue weighted by atomic mass is 35.5. The molecule has 1 amide bonds. The zero-order valence-electron chi connectivity index (χ0n) is 10.5. The molecule has 0 atom stereocenters. The van der Waals surface area contributed by atoms with Crippen LogP contribution in [0.3, 0.4) is 0 Å². The number of halogens is 1. The molecule has 0 aromatic heterocycles. The molecule has 96 valence electrons. The van der Waals surface area contributed by atoms with Crippen LogP contribution in [0.2, 0.25) is 5.02 Å². The molecule has 18 heavy (non-hydrogen) atoms. The van der Waals surface area contributed by atoms with Crippen LogP contribution < -0.4 is 10.2 Å². The number of nitriles is 1. The maximum absolute atomic E-state index is 11.5. The summed E-state index contributed by atoms with van der Waals surface area (Å²) in [4.78, 5) is 13.4. The summed E-state index contributed by atoms with van der Waals surface area (Å²) in [5.41, 5.74) is 1.23. The molecule has 4 nitrogen and oxygen atoms in total. The molecule has 0 bridgehead atoms. The molecule has 0 heterocycles. The first-order valence-corrected chi connectivity index (χ1v) is 6.15. The van der Waals surface area contributed by atoms with Gasteiger partial charge in [0.2, 0.25) is 5.91 Å². The number of nitrogens with zero attached hydrogens (tertiary/aromatic N) is 2. The van der Waals surface area contributed by atoms with Crippen molar-refractivity contribution in [3.05, 3.63) is 28.8 Å². The number of hydrogen-bond acceptors (Lipinski definition) is 3. The van der Waals surface area contributed by atoms with Crippen LogP contribution in [0.15, 0.2) is 18.2 Å². The number of carbonyl (C=O) groups excluding carboxylic acids is 1. The summed E-state index contributed by atoms with van der Waals surface area (Å²) in [7, 11) is 1.59. The standard InChI is InChI=1S/C13H16ClN3O/c1-3-6-17(9-13(18)16-2)12-7-11(14)5-4-10(12)8-15/h4-5,7H,3,6,9H2,1-2H3,(H,16,18). The second kappa shape index (κ2) is 6.87. The van der Waals surface area contributed by atoms with Crippen LogP contribution in [-0.2, 0) is 4.79 Å². The lowest BCUT2D eigenvalue weighted by Gasteiger charge is -2.24. The molecular formula is C13H16ClN3O. The van der Waals surface area contributed by atoms with E-state index in [0.29, 0.717) is 22.8 Å². The molecule has 0 fully saturated rings. The van der Waals surface area contributed by atoms with Gasteiger partial charge in [-0.15, -0.1) is 0 Å². The molecule has 0 radical (unpaired) electrons. The number of carbonyl (C=O) groups is 1. The van der Waals surface area contributed by atoms with Crippen molar-refractivity contribution < 1.29 is 4.79 Å². The topological polar surface area (TPSA) is 56.1 Å². The number of anilines is 1. The van der Waals surface area contributed by atoms with Crippen LogP contribution in [0, 0.1) is 11.3 Å². The molecule has 1 rings (SSSR count). The van der Waals surface area contributed by atoms with Gasteiger partial charge < -0.3 is 10.2 Å². The maximum Gasteiger partial charge on any atom is 0.239 e. The van der Waals surface area contributed by atoms with Crippen LogP contribution >= 0.6 is 11.6 Å². The van der Waals surface area contributed by atoms with Crippen LogP contribution in [0.5, 0.6) is 0 Å². The lowest BCUT2D eigenvalue weighted by atomic mass is 10.1. The molecule has 0 spiro atoms. The first-order chi connectivity index (χ1) is 8.62. The molecule has 0 unspecified atom stereocenters. The minimum Gasteiger partial charge on any atom is -0.361 e. The normalized spacial score (nSPS) is 9.67. The quantitative estimate of drug-likeness (QED) is 0.888. The molecule has 1 aromatic carbocycles. The van der Waals surface area contributed by atoms with Gasteiger partial charge in [0, 0.05) is 18.6 Å². The third kappa shape index (κ3) is 3.64. The summed E-state index contributed by atoms with van der Waals surface area (Å²) >= 11 is 5.95. The fraction of sp³-hybridized carbons (Fsp3) is 0.385. The minimum absolute atomic E-state index is 0.0904. The van der Waals surface area contributed by atoms with Crippen LogP contribution in [0.1, 0.15) is 18.9 Å². The number of hydrogen-bond donors (Lipinski definition) is 1. The van der Waals surface area contributed by atoms with Gasteiger partial charge in [-0.2, -0.15) is 5.26 Å². The van der Waals surface area contributed by atoms with Crippen molar-refractivity contribution in [2.45, 2.75) is 13.3 Å². The van der Waals surface area contributed by atoms with Gasteiger partial charge in [0.25, 0.3) is 0 Å². The second-order valence-corrected chi connectivity index (χ2v) is 4.30. The average molecular weight is 266 g/mol. The maximum atomic E-state index is 11.5. The molecule has 5 heteroatoms. The van der Waals surface area contributed by atoms with Crippen molar-refractivity contribution >= 4 is 23.2 Å². The van der Waals surface area contributed by atoms with Gasteiger partial charge in [-0.1, -0.05) is 18.5 Å². The third-order valence-electron chi connectivity index (χ3n) is 2.53. The lowest BCUT2D eigenvalue weighted by molar-refractivity contribution is -0.119. The SMILES string of the molecule is CCCN(CC(=O)NC)c1cc(Cl)ccc1C#N. The molecular weight excluding hydrogens is 250 g/mol. The molecule has 0 aliphatic rings. The number of benzene rings is 1. The van der Waals surface area contributed by atoms with Crippen LogP contribution in [0.25, 0.3) is 0 Å². The van der Waals surface area contributed by atoms with Crippen molar-refractivity contribution in [3.63, 3.8) is 0 Å². The van der Waals surface area contributed by atoms with E-state index >= 15 is 0 Å². The fourth-order valence-electron chi connectivity index (χ4n) is 1.67. The van der Waals surface area contributed by atoms with Crippen molar-refractivity contribution in [1.82, 2.24) is 5.32 Å². The molecule has 1 aromatic rings. The molecule has 0 saturated heterocycles. The average Bonchev–Trinajstić information content (AvgIpc) is 2.38.